The number of nitrogens with zero attached hydrogens (tertiary/aromatic N) is 1. The Labute approximate surface area is 182 Å². The summed E-state index contributed by atoms with van der Waals surface area (Å²) in [5.74, 6) is 1.04. The molecule has 0 unspecified atom stereocenters. The smallest absolute Gasteiger partial charge is 0.387 e. The number of hydrogen-bond donors (Lipinski definition) is 3. The second kappa shape index (κ2) is 13.0. The van der Waals surface area contributed by atoms with Gasteiger partial charge in [0.2, 0.25) is 0 Å². The Kier molecular flexibility index (Phi) is 11.4. The first-order valence-electron chi connectivity index (χ1n) is 9.36. The molecule has 0 radical (unpaired) electrons. The minimum absolute atomic E-state index is 0. The highest BCUT2D eigenvalue weighted by Gasteiger charge is 2.20. The molecular formula is C19H30F2IN3O3. The van der Waals surface area contributed by atoms with E-state index >= 15 is 0 Å². The van der Waals surface area contributed by atoms with E-state index in [4.69, 9.17) is 4.74 Å². The molecule has 0 spiro atoms. The monoisotopic (exact) mass is 513 g/mol. The molecule has 1 aromatic carbocycles. The van der Waals surface area contributed by atoms with Crippen LogP contribution in [0.25, 0.3) is 0 Å². The van der Waals surface area contributed by atoms with Crippen molar-refractivity contribution in [2.75, 3.05) is 20.2 Å². The van der Waals surface area contributed by atoms with Crippen molar-refractivity contribution in [3.05, 3.63) is 23.8 Å². The number of benzene rings is 1. The van der Waals surface area contributed by atoms with Crippen LogP contribution in [0.4, 0.5) is 8.78 Å². The normalized spacial score (nSPS) is 19.7. The number of halogens is 3. The summed E-state index contributed by atoms with van der Waals surface area (Å²) in [5, 5.41) is 16.2. The van der Waals surface area contributed by atoms with Crippen molar-refractivity contribution in [2.24, 2.45) is 4.99 Å². The molecule has 0 saturated heterocycles. The molecule has 3 N–H and O–H groups in total. The predicted molar refractivity (Wildman–Crippen MR) is 116 cm³/mol. The van der Waals surface area contributed by atoms with Gasteiger partial charge in [0.1, 0.15) is 0 Å². The molecule has 2 rings (SSSR count). The average molecular weight is 513 g/mol. The van der Waals surface area contributed by atoms with Gasteiger partial charge in [-0.25, -0.2) is 0 Å². The lowest BCUT2D eigenvalue weighted by Gasteiger charge is -2.27. The number of aliphatic hydroxyl groups is 1. The number of rotatable bonds is 8. The molecule has 0 heterocycles. The van der Waals surface area contributed by atoms with Gasteiger partial charge in [-0.2, -0.15) is 8.78 Å². The maximum atomic E-state index is 12.5. The van der Waals surface area contributed by atoms with E-state index in [0.717, 1.165) is 43.8 Å². The highest BCUT2D eigenvalue weighted by atomic mass is 127. The van der Waals surface area contributed by atoms with Gasteiger partial charge in [-0.05, 0) is 56.7 Å². The number of nitrogens with one attached hydrogen (secondary N) is 2. The molecular weight excluding hydrogens is 483 g/mol. The molecule has 1 fully saturated rings. The molecule has 0 bridgehead atoms. The van der Waals surface area contributed by atoms with Crippen LogP contribution in [0.2, 0.25) is 0 Å². The van der Waals surface area contributed by atoms with Crippen molar-refractivity contribution in [1.82, 2.24) is 10.6 Å². The summed E-state index contributed by atoms with van der Waals surface area (Å²) < 4.78 is 34.6. The first kappa shape index (κ1) is 24.7. The maximum absolute atomic E-state index is 12.5. The van der Waals surface area contributed by atoms with Crippen molar-refractivity contribution in [3.63, 3.8) is 0 Å². The zero-order chi connectivity index (χ0) is 19.6. The Morgan fingerprint density at radius 1 is 1.25 bits per heavy atom. The highest BCUT2D eigenvalue weighted by molar-refractivity contribution is 14.0. The molecule has 160 valence electrons. The third-order valence-electron chi connectivity index (χ3n) is 4.50. The van der Waals surface area contributed by atoms with Gasteiger partial charge in [0.15, 0.2) is 17.5 Å². The minimum Gasteiger partial charge on any atom is -0.493 e. The molecule has 1 aliphatic carbocycles. The lowest BCUT2D eigenvalue weighted by Crippen LogP contribution is -2.45. The SMILES string of the molecule is CCNC(=NCCc1ccc(OC)c(OC(F)F)c1)NC1CCC(O)CC1.I. The fourth-order valence-electron chi connectivity index (χ4n) is 3.10. The second-order valence-corrected chi connectivity index (χ2v) is 6.52. The lowest BCUT2D eigenvalue weighted by molar-refractivity contribution is -0.0512. The highest BCUT2D eigenvalue weighted by Crippen LogP contribution is 2.29. The molecule has 28 heavy (non-hydrogen) atoms. The molecule has 1 saturated carbocycles. The Bertz CT molecular complexity index is 612. The van der Waals surface area contributed by atoms with Crippen LogP contribution in [-0.4, -0.2) is 50.0 Å². The van der Waals surface area contributed by atoms with Gasteiger partial charge in [0.05, 0.1) is 13.2 Å². The van der Waals surface area contributed by atoms with Crippen molar-refractivity contribution in [2.45, 2.75) is 57.8 Å². The van der Waals surface area contributed by atoms with E-state index in [0.29, 0.717) is 19.0 Å². The average Bonchev–Trinajstić information content (AvgIpc) is 2.63. The quantitative estimate of drug-likeness (QED) is 0.283. The summed E-state index contributed by atoms with van der Waals surface area (Å²) in [4.78, 5) is 4.57. The number of alkyl halides is 2. The van der Waals surface area contributed by atoms with E-state index in [1.54, 1.807) is 12.1 Å². The van der Waals surface area contributed by atoms with Gasteiger partial charge in [-0.15, -0.1) is 24.0 Å². The van der Waals surface area contributed by atoms with Gasteiger partial charge in [-0.1, -0.05) is 6.07 Å². The summed E-state index contributed by atoms with van der Waals surface area (Å²) in [6.07, 6.45) is 3.83. The topological polar surface area (TPSA) is 75.1 Å². The minimum atomic E-state index is -2.90. The van der Waals surface area contributed by atoms with E-state index in [2.05, 4.69) is 20.4 Å². The van der Waals surface area contributed by atoms with Gasteiger partial charge in [0, 0.05) is 19.1 Å². The van der Waals surface area contributed by atoms with Crippen LogP contribution in [0, 0.1) is 0 Å². The molecule has 0 amide bonds. The van der Waals surface area contributed by atoms with Crippen LogP contribution in [0.3, 0.4) is 0 Å². The number of methoxy groups -OCH3 is 1. The zero-order valence-corrected chi connectivity index (χ0v) is 18.6. The Morgan fingerprint density at radius 2 is 1.96 bits per heavy atom. The molecule has 9 heteroatoms. The summed E-state index contributed by atoms with van der Waals surface area (Å²) in [6, 6.07) is 5.30. The Morgan fingerprint density at radius 3 is 2.57 bits per heavy atom. The second-order valence-electron chi connectivity index (χ2n) is 6.52. The van der Waals surface area contributed by atoms with Crippen LogP contribution >= 0.6 is 24.0 Å². The van der Waals surface area contributed by atoms with Crippen LogP contribution < -0.4 is 20.1 Å². The number of hydrogen-bond acceptors (Lipinski definition) is 4. The fraction of sp³-hybridized carbons (Fsp3) is 0.632. The molecule has 0 aliphatic heterocycles. The maximum Gasteiger partial charge on any atom is 0.387 e. The summed E-state index contributed by atoms with van der Waals surface area (Å²) >= 11 is 0. The Balaban J connectivity index is 0.00000392. The first-order chi connectivity index (χ1) is 13.0. The third kappa shape index (κ3) is 8.34. The summed E-state index contributed by atoms with van der Waals surface area (Å²) in [7, 11) is 1.41. The van der Waals surface area contributed by atoms with Gasteiger partial charge in [-0.3, -0.25) is 4.99 Å². The molecule has 0 aromatic heterocycles. The zero-order valence-electron chi connectivity index (χ0n) is 16.3. The fourth-order valence-corrected chi connectivity index (χ4v) is 3.10. The van der Waals surface area contributed by atoms with Crippen LogP contribution in [-0.2, 0) is 6.42 Å². The Hall–Kier alpha value is -1.36. The summed E-state index contributed by atoms with van der Waals surface area (Å²) in [6.45, 7) is 0.353. The van der Waals surface area contributed by atoms with Gasteiger partial charge >= 0.3 is 6.61 Å². The molecule has 1 aromatic rings. The number of aliphatic imine (C=N–C) groups is 1. The van der Waals surface area contributed by atoms with Crippen molar-refractivity contribution >= 4 is 29.9 Å². The number of guanidine groups is 1. The number of aliphatic hydroxyl groups excluding tert-OH is 1. The molecule has 1 aliphatic rings. The standard InChI is InChI=1S/C19H29F2N3O3.HI/c1-3-22-19(24-14-5-7-15(25)8-6-14)23-11-10-13-4-9-16(26-2)17(12-13)27-18(20)21;/h4,9,12,14-15,18,25H,3,5-8,10-11H2,1-2H3,(H2,22,23,24);1H. The van der Waals surface area contributed by atoms with E-state index in [1.165, 1.54) is 7.11 Å². The lowest BCUT2D eigenvalue weighted by atomic mass is 9.93. The first-order valence-corrected chi connectivity index (χ1v) is 9.36. The van der Waals surface area contributed by atoms with E-state index < -0.39 is 6.61 Å². The van der Waals surface area contributed by atoms with E-state index in [-0.39, 0.29) is 41.6 Å². The molecule has 6 nitrogen and oxygen atoms in total. The van der Waals surface area contributed by atoms with Crippen LogP contribution in [0.5, 0.6) is 11.5 Å². The van der Waals surface area contributed by atoms with Crippen LogP contribution in [0.1, 0.15) is 38.2 Å². The van der Waals surface area contributed by atoms with Crippen molar-refractivity contribution in [1.29, 1.82) is 0 Å². The van der Waals surface area contributed by atoms with Gasteiger partial charge in [0.25, 0.3) is 0 Å². The largest absolute Gasteiger partial charge is 0.493 e. The summed E-state index contributed by atoms with van der Waals surface area (Å²) in [5.41, 5.74) is 0.840. The number of ether oxygens (including phenoxy) is 2. The third-order valence-corrected chi connectivity index (χ3v) is 4.50. The predicted octanol–water partition coefficient (Wildman–Crippen LogP) is 3.32. The van der Waals surface area contributed by atoms with E-state index in [9.17, 15) is 13.9 Å². The molecule has 0 atom stereocenters. The van der Waals surface area contributed by atoms with E-state index in [1.807, 2.05) is 13.0 Å². The van der Waals surface area contributed by atoms with Crippen molar-refractivity contribution < 1.29 is 23.4 Å². The van der Waals surface area contributed by atoms with Crippen molar-refractivity contribution in [3.8, 4) is 11.5 Å². The van der Waals surface area contributed by atoms with Crippen LogP contribution in [0.15, 0.2) is 23.2 Å². The van der Waals surface area contributed by atoms with Gasteiger partial charge < -0.3 is 25.2 Å².